The summed E-state index contributed by atoms with van der Waals surface area (Å²) in [7, 11) is 0. The molecule has 3 nitrogen and oxygen atoms in total. The maximum atomic E-state index is 10.4. The summed E-state index contributed by atoms with van der Waals surface area (Å²) < 4.78 is 2.13. The molecule has 0 aliphatic carbocycles. The molecule has 0 aliphatic heterocycles. The van der Waals surface area contributed by atoms with Gasteiger partial charge in [0.05, 0.1) is 21.9 Å². The van der Waals surface area contributed by atoms with Gasteiger partial charge in [-0.3, -0.25) is 4.40 Å². The molecule has 0 fully saturated rings. The van der Waals surface area contributed by atoms with Gasteiger partial charge < -0.3 is 5.11 Å². The molecule has 0 radical (unpaired) electrons. The van der Waals surface area contributed by atoms with Crippen LogP contribution in [0.4, 0.5) is 0 Å². The summed E-state index contributed by atoms with van der Waals surface area (Å²) in [6.45, 7) is 0. The molecule has 5 rings (SSSR count). The predicted molar refractivity (Wildman–Crippen MR) is 89.4 cm³/mol. The second-order valence-electron chi connectivity index (χ2n) is 5.48. The van der Waals surface area contributed by atoms with Crippen molar-refractivity contribution in [3.8, 4) is 5.75 Å². The quantitative estimate of drug-likeness (QED) is 0.425. The van der Waals surface area contributed by atoms with Crippen molar-refractivity contribution in [2.45, 2.75) is 0 Å². The van der Waals surface area contributed by atoms with E-state index in [2.05, 4.69) is 22.6 Å². The molecule has 0 bridgehead atoms. The number of phenols is 1. The third-order valence-corrected chi connectivity index (χ3v) is 4.26. The summed E-state index contributed by atoms with van der Waals surface area (Å²) in [5.74, 6) is 0.267. The molecule has 0 saturated carbocycles. The molecular formula is C19H12N2O. The van der Waals surface area contributed by atoms with E-state index in [9.17, 15) is 5.11 Å². The summed E-state index contributed by atoms with van der Waals surface area (Å²) in [6, 6.07) is 21.9. The van der Waals surface area contributed by atoms with Crippen molar-refractivity contribution in [2.75, 3.05) is 0 Å². The highest BCUT2D eigenvalue weighted by Gasteiger charge is 2.14. The molecule has 0 unspecified atom stereocenters. The first-order valence-electron chi connectivity index (χ1n) is 7.24. The maximum Gasteiger partial charge on any atom is 0.150 e. The standard InChI is InChI=1S/C19H12N2O/c22-17-11-5-7-13-12-6-1-3-9-15(12)21-16-10-4-2-8-14(16)20-19(21)18(13)17/h1-11,22H. The molecule has 2 heterocycles. The largest absolute Gasteiger partial charge is 0.507 e. The lowest BCUT2D eigenvalue weighted by molar-refractivity contribution is 0.482. The van der Waals surface area contributed by atoms with E-state index in [1.807, 2.05) is 42.5 Å². The van der Waals surface area contributed by atoms with E-state index in [0.29, 0.717) is 0 Å². The molecule has 2 aromatic heterocycles. The fourth-order valence-corrected chi connectivity index (χ4v) is 3.33. The number of benzene rings is 3. The van der Waals surface area contributed by atoms with Crippen molar-refractivity contribution in [2.24, 2.45) is 0 Å². The zero-order chi connectivity index (χ0) is 14.7. The summed E-state index contributed by atoms with van der Waals surface area (Å²) in [5.41, 5.74) is 3.89. The highest BCUT2D eigenvalue weighted by atomic mass is 16.3. The van der Waals surface area contributed by atoms with Gasteiger partial charge in [0, 0.05) is 5.39 Å². The van der Waals surface area contributed by atoms with Gasteiger partial charge in [0.1, 0.15) is 11.4 Å². The number of para-hydroxylation sites is 3. The Morgan fingerprint density at radius 1 is 0.727 bits per heavy atom. The van der Waals surface area contributed by atoms with Crippen LogP contribution in [0.15, 0.2) is 66.7 Å². The number of fused-ring (bicyclic) bond motifs is 8. The lowest BCUT2D eigenvalue weighted by Crippen LogP contribution is -1.91. The first kappa shape index (κ1) is 11.6. The van der Waals surface area contributed by atoms with Crippen molar-refractivity contribution < 1.29 is 5.11 Å². The molecule has 0 aliphatic rings. The van der Waals surface area contributed by atoms with Gasteiger partial charge in [0.2, 0.25) is 0 Å². The molecule has 1 N–H and O–H groups in total. The first-order chi connectivity index (χ1) is 10.8. The Kier molecular flexibility index (Phi) is 2.09. The highest BCUT2D eigenvalue weighted by Crippen LogP contribution is 2.36. The van der Waals surface area contributed by atoms with E-state index >= 15 is 0 Å². The number of aromatic hydroxyl groups is 1. The van der Waals surface area contributed by atoms with Crippen molar-refractivity contribution >= 4 is 38.4 Å². The normalized spacial score (nSPS) is 11.8. The monoisotopic (exact) mass is 284 g/mol. The lowest BCUT2D eigenvalue weighted by atomic mass is 10.1. The minimum atomic E-state index is 0.267. The Hall–Kier alpha value is -3.07. The van der Waals surface area contributed by atoms with Gasteiger partial charge in [0.15, 0.2) is 0 Å². The second kappa shape index (κ2) is 3.98. The molecule has 0 amide bonds. The van der Waals surface area contributed by atoms with Crippen LogP contribution in [0.2, 0.25) is 0 Å². The van der Waals surface area contributed by atoms with Gasteiger partial charge in [0.25, 0.3) is 0 Å². The fraction of sp³-hybridized carbons (Fsp3) is 0. The number of rotatable bonds is 0. The highest BCUT2D eigenvalue weighted by molar-refractivity contribution is 6.15. The van der Waals surface area contributed by atoms with Crippen LogP contribution in [-0.4, -0.2) is 14.5 Å². The van der Waals surface area contributed by atoms with Crippen LogP contribution in [-0.2, 0) is 0 Å². The van der Waals surface area contributed by atoms with Gasteiger partial charge in [-0.05, 0) is 29.7 Å². The van der Waals surface area contributed by atoms with Crippen molar-refractivity contribution in [1.29, 1.82) is 0 Å². The van der Waals surface area contributed by atoms with Crippen LogP contribution < -0.4 is 0 Å². The topological polar surface area (TPSA) is 37.5 Å². The summed E-state index contributed by atoms with van der Waals surface area (Å²) >= 11 is 0. The van der Waals surface area contributed by atoms with Crippen LogP contribution in [0.25, 0.3) is 38.4 Å². The number of phenolic OH excluding ortho intramolecular Hbond substituents is 1. The minimum Gasteiger partial charge on any atom is -0.507 e. The molecule has 3 heteroatoms. The molecular weight excluding hydrogens is 272 g/mol. The number of imidazole rings is 1. The van der Waals surface area contributed by atoms with E-state index in [1.165, 1.54) is 0 Å². The van der Waals surface area contributed by atoms with Crippen LogP contribution in [0.3, 0.4) is 0 Å². The number of nitrogens with zero attached hydrogens (tertiary/aromatic N) is 2. The zero-order valence-corrected chi connectivity index (χ0v) is 11.7. The third-order valence-electron chi connectivity index (χ3n) is 4.26. The van der Waals surface area contributed by atoms with Crippen molar-refractivity contribution in [3.63, 3.8) is 0 Å². The van der Waals surface area contributed by atoms with Crippen LogP contribution >= 0.6 is 0 Å². The molecule has 0 saturated heterocycles. The smallest absolute Gasteiger partial charge is 0.150 e. The Labute approximate surface area is 126 Å². The number of hydrogen-bond acceptors (Lipinski definition) is 2. The average Bonchev–Trinajstić information content (AvgIpc) is 2.94. The Morgan fingerprint density at radius 2 is 1.45 bits per heavy atom. The van der Waals surface area contributed by atoms with E-state index in [0.717, 1.165) is 38.4 Å². The number of aromatic nitrogens is 2. The Balaban J connectivity index is 2.26. The first-order valence-corrected chi connectivity index (χ1v) is 7.24. The van der Waals surface area contributed by atoms with Gasteiger partial charge in [-0.2, -0.15) is 0 Å². The molecule has 0 spiro atoms. The van der Waals surface area contributed by atoms with Gasteiger partial charge >= 0.3 is 0 Å². The Morgan fingerprint density at radius 3 is 2.36 bits per heavy atom. The lowest BCUT2D eigenvalue weighted by Gasteiger charge is -2.09. The van der Waals surface area contributed by atoms with Crippen LogP contribution in [0.1, 0.15) is 0 Å². The SMILES string of the molecule is Oc1cccc2c3ccccc3n3c4ccccc4nc3c12. The van der Waals surface area contributed by atoms with Gasteiger partial charge in [-0.25, -0.2) is 4.98 Å². The van der Waals surface area contributed by atoms with E-state index < -0.39 is 0 Å². The van der Waals surface area contributed by atoms with Crippen molar-refractivity contribution in [1.82, 2.24) is 9.38 Å². The third kappa shape index (κ3) is 1.33. The minimum absolute atomic E-state index is 0.267. The second-order valence-corrected chi connectivity index (χ2v) is 5.48. The van der Waals surface area contributed by atoms with Crippen LogP contribution in [0.5, 0.6) is 5.75 Å². The average molecular weight is 284 g/mol. The van der Waals surface area contributed by atoms with E-state index in [-0.39, 0.29) is 5.75 Å². The maximum absolute atomic E-state index is 10.4. The van der Waals surface area contributed by atoms with Gasteiger partial charge in [-0.15, -0.1) is 0 Å². The van der Waals surface area contributed by atoms with E-state index in [4.69, 9.17) is 4.98 Å². The van der Waals surface area contributed by atoms with Gasteiger partial charge in [-0.1, -0.05) is 42.5 Å². The summed E-state index contributed by atoms with van der Waals surface area (Å²) in [5, 5.41) is 13.3. The predicted octanol–water partition coefficient (Wildman–Crippen LogP) is 4.50. The van der Waals surface area contributed by atoms with E-state index in [1.54, 1.807) is 6.07 Å². The number of pyridine rings is 1. The van der Waals surface area contributed by atoms with Crippen LogP contribution in [0, 0.1) is 0 Å². The fourth-order valence-electron chi connectivity index (χ4n) is 3.33. The zero-order valence-electron chi connectivity index (χ0n) is 11.7. The summed E-state index contributed by atoms with van der Waals surface area (Å²) in [6.07, 6.45) is 0. The molecule has 5 aromatic rings. The molecule has 3 aromatic carbocycles. The molecule has 0 atom stereocenters. The molecule has 104 valence electrons. The summed E-state index contributed by atoms with van der Waals surface area (Å²) in [4.78, 5) is 4.76. The van der Waals surface area contributed by atoms with Crippen molar-refractivity contribution in [3.05, 3.63) is 66.7 Å². The Bertz CT molecular complexity index is 1190. The number of hydrogen-bond donors (Lipinski definition) is 1. The molecule has 22 heavy (non-hydrogen) atoms.